The van der Waals surface area contributed by atoms with E-state index in [-0.39, 0.29) is 47.9 Å². The molecule has 1 aromatic rings. The Morgan fingerprint density at radius 2 is 1.46 bits per heavy atom. The molecule has 8 heteroatoms. The maximum Gasteiger partial charge on any atom is 0.312 e. The minimum atomic E-state index is -0.672. The molecule has 0 saturated heterocycles. The lowest BCUT2D eigenvalue weighted by atomic mass is 9.73. The second-order valence-corrected chi connectivity index (χ2v) is 12.4. The Labute approximate surface area is 247 Å². The molecule has 0 saturated carbocycles. The molecule has 0 aliphatic carbocycles. The molecule has 1 aromatic carbocycles. The Balaban J connectivity index is 2.96. The normalized spacial score (nSPS) is 13.4. The average Bonchev–Trinajstić information content (AvgIpc) is 2.95. The number of hydrogen-bond acceptors (Lipinski definition) is 5. The summed E-state index contributed by atoms with van der Waals surface area (Å²) in [6.45, 7) is 17.0. The maximum atomic E-state index is 13.5. The third-order valence-electron chi connectivity index (χ3n) is 9.06. The quantitative estimate of drug-likeness (QED) is 0.136. The Hall–Kier alpha value is -2.90. The first-order chi connectivity index (χ1) is 19.2. The van der Waals surface area contributed by atoms with Crippen LogP contribution in [0.25, 0.3) is 0 Å². The number of nitrogens with one attached hydrogen (secondary N) is 2. The first-order valence-electron chi connectivity index (χ1n) is 15.4. The third kappa shape index (κ3) is 11.9. The lowest BCUT2D eigenvalue weighted by Gasteiger charge is -2.33. The Bertz CT molecular complexity index is 981. The van der Waals surface area contributed by atoms with E-state index in [2.05, 4.69) is 31.4 Å². The summed E-state index contributed by atoms with van der Waals surface area (Å²) in [4.78, 5) is 50.5. The van der Waals surface area contributed by atoms with Crippen LogP contribution >= 0.6 is 0 Å². The summed E-state index contributed by atoms with van der Waals surface area (Å²) in [6.07, 6.45) is 5.21. The predicted octanol–water partition coefficient (Wildman–Crippen LogP) is 6.09. The molecule has 0 aliphatic rings. The number of carbonyl (C=O) groups is 4. The molecule has 0 bridgehead atoms. The number of urea groups is 1. The van der Waals surface area contributed by atoms with Crippen LogP contribution in [0.5, 0.6) is 0 Å². The number of hydrogen-bond donors (Lipinski definition) is 3. The molecule has 0 unspecified atom stereocenters. The van der Waals surface area contributed by atoms with E-state index in [9.17, 15) is 19.2 Å². The van der Waals surface area contributed by atoms with Gasteiger partial charge in [-0.15, -0.1) is 0 Å². The van der Waals surface area contributed by atoms with Gasteiger partial charge in [-0.3, -0.25) is 14.4 Å². The van der Waals surface area contributed by atoms with Crippen LogP contribution in [0.2, 0.25) is 0 Å². The predicted molar refractivity (Wildman–Crippen MR) is 164 cm³/mol. The fourth-order valence-electron chi connectivity index (χ4n) is 4.75. The first kappa shape index (κ1) is 36.1. The van der Waals surface area contributed by atoms with E-state index in [1.165, 1.54) is 0 Å². The van der Waals surface area contributed by atoms with Crippen molar-refractivity contribution in [1.82, 2.24) is 10.6 Å². The van der Waals surface area contributed by atoms with Gasteiger partial charge in [0.25, 0.3) is 0 Å². The summed E-state index contributed by atoms with van der Waals surface area (Å²) in [5.41, 5.74) is 6.41. The smallest absolute Gasteiger partial charge is 0.312 e. The van der Waals surface area contributed by atoms with Gasteiger partial charge in [-0.1, -0.05) is 85.6 Å². The zero-order valence-electron chi connectivity index (χ0n) is 26.7. The fraction of sp³-hybridized carbons (Fsp3) is 0.697. The average molecular weight is 574 g/mol. The highest BCUT2D eigenvalue weighted by atomic mass is 16.5. The van der Waals surface area contributed by atoms with Gasteiger partial charge in [-0.25, -0.2) is 4.79 Å². The molecule has 0 aliphatic heterocycles. The zero-order valence-corrected chi connectivity index (χ0v) is 26.7. The molecule has 0 heterocycles. The van der Waals surface area contributed by atoms with E-state index in [1.54, 1.807) is 0 Å². The van der Waals surface area contributed by atoms with E-state index in [0.717, 1.165) is 30.4 Å². The maximum absolute atomic E-state index is 13.5. The van der Waals surface area contributed by atoms with Crippen molar-refractivity contribution in [2.75, 3.05) is 6.54 Å². The molecule has 1 rings (SSSR count). The third-order valence-corrected chi connectivity index (χ3v) is 9.06. The minimum Gasteiger partial charge on any atom is -0.460 e. The summed E-state index contributed by atoms with van der Waals surface area (Å²) in [5.74, 6) is -0.465. The number of benzene rings is 1. The van der Waals surface area contributed by atoms with Crippen LogP contribution in [0.15, 0.2) is 24.3 Å². The number of esters is 1. The van der Waals surface area contributed by atoms with Crippen LogP contribution in [0, 0.1) is 22.7 Å². The molecule has 3 amide bonds. The van der Waals surface area contributed by atoms with Crippen LogP contribution in [-0.2, 0) is 32.1 Å². The molecule has 232 valence electrons. The molecule has 8 nitrogen and oxygen atoms in total. The number of ketones is 1. The van der Waals surface area contributed by atoms with Crippen LogP contribution in [-0.4, -0.2) is 36.3 Å². The van der Waals surface area contributed by atoms with Gasteiger partial charge in [-0.05, 0) is 61.5 Å². The summed E-state index contributed by atoms with van der Waals surface area (Å²) >= 11 is 0. The molecule has 0 aromatic heterocycles. The monoisotopic (exact) mass is 573 g/mol. The van der Waals surface area contributed by atoms with Crippen molar-refractivity contribution in [1.29, 1.82) is 0 Å². The lowest BCUT2D eigenvalue weighted by molar-refractivity contribution is -0.156. The molecular weight excluding hydrogens is 518 g/mol. The lowest BCUT2D eigenvalue weighted by Crippen LogP contribution is -2.46. The summed E-state index contributed by atoms with van der Waals surface area (Å²) < 4.78 is 5.55. The number of rotatable bonds is 19. The fourth-order valence-corrected chi connectivity index (χ4v) is 4.75. The van der Waals surface area contributed by atoms with Crippen molar-refractivity contribution in [3.8, 4) is 0 Å². The van der Waals surface area contributed by atoms with Crippen molar-refractivity contribution in [3.05, 3.63) is 35.4 Å². The largest absolute Gasteiger partial charge is 0.460 e. The van der Waals surface area contributed by atoms with E-state index in [0.29, 0.717) is 32.2 Å². The molecule has 0 fully saturated rings. The van der Waals surface area contributed by atoms with Gasteiger partial charge < -0.3 is 21.1 Å². The Morgan fingerprint density at radius 1 is 0.902 bits per heavy atom. The van der Waals surface area contributed by atoms with E-state index >= 15 is 0 Å². The number of primary amides is 1. The summed E-state index contributed by atoms with van der Waals surface area (Å²) in [6, 6.07) is 6.15. The number of Topliss-reactive ketones (excluding diaryl/α,β-unsaturated/α-hetero) is 1. The van der Waals surface area contributed by atoms with Crippen LogP contribution < -0.4 is 16.4 Å². The van der Waals surface area contributed by atoms with E-state index in [4.69, 9.17) is 10.5 Å². The standard InChI is InChI=1S/C33H55N3O5/c1-9-32(7,10-2)21-26(23(5)6)29(38)36-27(14-13-19-35-31(34)40)28(37)20-24-15-17-25(18-16-24)22-41-30(39)33(8,11-3)12-4/h15-18,23,26-27H,9-14,19-22H2,1-8H3,(H,36,38)(H3,34,35,40)/t26-,27-/m0/s1. The summed E-state index contributed by atoms with van der Waals surface area (Å²) in [7, 11) is 0. The summed E-state index contributed by atoms with van der Waals surface area (Å²) in [5, 5.41) is 5.61. The van der Waals surface area contributed by atoms with Crippen molar-refractivity contribution in [2.24, 2.45) is 28.4 Å². The van der Waals surface area contributed by atoms with Crippen molar-refractivity contribution >= 4 is 23.7 Å². The van der Waals surface area contributed by atoms with Crippen LogP contribution in [0.4, 0.5) is 4.79 Å². The zero-order chi connectivity index (χ0) is 31.2. The van der Waals surface area contributed by atoms with Crippen molar-refractivity contribution in [2.45, 2.75) is 119 Å². The van der Waals surface area contributed by atoms with Crippen molar-refractivity contribution < 1.29 is 23.9 Å². The first-order valence-corrected chi connectivity index (χ1v) is 15.4. The van der Waals surface area contributed by atoms with E-state index < -0.39 is 17.5 Å². The van der Waals surface area contributed by atoms with Crippen LogP contribution in [0.1, 0.15) is 111 Å². The molecule has 0 spiro atoms. The molecule has 4 N–H and O–H groups in total. The van der Waals surface area contributed by atoms with Gasteiger partial charge in [-0.2, -0.15) is 0 Å². The highest BCUT2D eigenvalue weighted by Gasteiger charge is 2.33. The second-order valence-electron chi connectivity index (χ2n) is 12.4. The van der Waals surface area contributed by atoms with Gasteiger partial charge >= 0.3 is 12.0 Å². The number of nitrogens with two attached hydrogens (primary N) is 1. The Kier molecular flexibility index (Phi) is 15.1. The molecular formula is C33H55N3O5. The topological polar surface area (TPSA) is 128 Å². The molecule has 41 heavy (non-hydrogen) atoms. The number of carbonyl (C=O) groups excluding carboxylic acids is 4. The van der Waals surface area contributed by atoms with Gasteiger partial charge in [0.1, 0.15) is 6.61 Å². The minimum absolute atomic E-state index is 0.0545. The highest BCUT2D eigenvalue weighted by molar-refractivity contribution is 5.91. The molecule has 0 radical (unpaired) electrons. The number of ether oxygens (including phenoxy) is 1. The van der Waals surface area contributed by atoms with Crippen LogP contribution in [0.3, 0.4) is 0 Å². The number of amides is 3. The van der Waals surface area contributed by atoms with Gasteiger partial charge in [0.05, 0.1) is 11.5 Å². The second kappa shape index (κ2) is 17.1. The SMILES string of the molecule is CCC(C)(CC)C[C@H](C(=O)N[C@@H](CCCNC(N)=O)C(=O)Cc1ccc(COC(=O)C(C)(CC)CC)cc1)C(C)C. The van der Waals surface area contributed by atoms with Gasteiger partial charge in [0.2, 0.25) is 5.91 Å². The van der Waals surface area contributed by atoms with Gasteiger partial charge in [0.15, 0.2) is 5.78 Å². The van der Waals surface area contributed by atoms with Crippen molar-refractivity contribution in [3.63, 3.8) is 0 Å². The van der Waals surface area contributed by atoms with Gasteiger partial charge in [0, 0.05) is 18.9 Å². The Morgan fingerprint density at radius 3 is 1.95 bits per heavy atom. The van der Waals surface area contributed by atoms with E-state index in [1.807, 2.05) is 58.9 Å². The molecule has 2 atom stereocenters. The highest BCUT2D eigenvalue weighted by Crippen LogP contribution is 2.36.